The fourth-order valence-corrected chi connectivity index (χ4v) is 2.11. The topological polar surface area (TPSA) is 26.0 Å². The number of hydrogen-bond donors (Lipinski definition) is 1. The van der Waals surface area contributed by atoms with Crippen LogP contribution in [0, 0.1) is 5.92 Å². The lowest BCUT2D eigenvalue weighted by Crippen LogP contribution is -2.23. The Bertz CT molecular complexity index is 319. The van der Waals surface area contributed by atoms with Crippen molar-refractivity contribution < 1.29 is 0 Å². The van der Waals surface area contributed by atoms with E-state index in [0.717, 1.165) is 12.8 Å². The van der Waals surface area contributed by atoms with Gasteiger partial charge in [0, 0.05) is 5.54 Å². The average molecular weight is 175 g/mol. The maximum absolute atomic E-state index is 6.29. The van der Waals surface area contributed by atoms with E-state index in [9.17, 15) is 0 Å². The molecular formula is C12H17N. The van der Waals surface area contributed by atoms with Crippen molar-refractivity contribution in [1.29, 1.82) is 0 Å². The van der Waals surface area contributed by atoms with Gasteiger partial charge in [0.25, 0.3) is 0 Å². The molecule has 0 bridgehead atoms. The molecule has 0 radical (unpaired) electrons. The summed E-state index contributed by atoms with van der Waals surface area (Å²) in [4.78, 5) is 0. The minimum atomic E-state index is -0.00734. The van der Waals surface area contributed by atoms with Gasteiger partial charge in [-0.3, -0.25) is 0 Å². The van der Waals surface area contributed by atoms with Crippen molar-refractivity contribution in [2.75, 3.05) is 0 Å². The molecule has 1 aromatic carbocycles. The molecule has 1 heteroatoms. The predicted octanol–water partition coefficient (Wildman–Crippen LogP) is 2.44. The zero-order valence-corrected chi connectivity index (χ0v) is 8.38. The lowest BCUT2D eigenvalue weighted by molar-refractivity contribution is 0.656. The van der Waals surface area contributed by atoms with E-state index in [0.29, 0.717) is 5.92 Å². The third-order valence-corrected chi connectivity index (χ3v) is 3.26. The molecular weight excluding hydrogens is 158 g/mol. The molecule has 1 fully saturated rings. The third-order valence-electron chi connectivity index (χ3n) is 3.26. The minimum absolute atomic E-state index is 0.00734. The van der Waals surface area contributed by atoms with Gasteiger partial charge in [-0.1, -0.05) is 38.1 Å². The van der Waals surface area contributed by atoms with Crippen LogP contribution in [0.15, 0.2) is 24.3 Å². The Balaban J connectivity index is 2.40. The van der Waals surface area contributed by atoms with Crippen LogP contribution in [0.4, 0.5) is 0 Å². The number of hydrogen-bond acceptors (Lipinski definition) is 1. The van der Waals surface area contributed by atoms with E-state index >= 15 is 0 Å². The normalized spacial score (nSPS) is 31.8. The number of benzene rings is 1. The molecule has 2 N–H and O–H groups in total. The number of aryl methyl sites for hydroxylation is 1. The van der Waals surface area contributed by atoms with Gasteiger partial charge in [-0.25, -0.2) is 0 Å². The lowest BCUT2D eigenvalue weighted by atomic mass is 9.96. The lowest BCUT2D eigenvalue weighted by Gasteiger charge is -2.15. The van der Waals surface area contributed by atoms with Crippen molar-refractivity contribution in [2.24, 2.45) is 11.7 Å². The molecule has 1 nitrogen and oxygen atoms in total. The first-order chi connectivity index (χ1) is 6.18. The summed E-state index contributed by atoms with van der Waals surface area (Å²) >= 11 is 0. The molecule has 2 rings (SSSR count). The highest BCUT2D eigenvalue weighted by Crippen LogP contribution is 2.50. The Hall–Kier alpha value is -0.820. The molecule has 13 heavy (non-hydrogen) atoms. The van der Waals surface area contributed by atoms with E-state index in [2.05, 4.69) is 38.1 Å². The number of nitrogens with two attached hydrogens (primary N) is 1. The summed E-state index contributed by atoms with van der Waals surface area (Å²) in [5.41, 5.74) is 9.06. The molecule has 2 atom stereocenters. The Morgan fingerprint density at radius 1 is 1.46 bits per heavy atom. The Labute approximate surface area is 80.0 Å². The van der Waals surface area contributed by atoms with Crippen LogP contribution in [0.1, 0.15) is 31.4 Å². The second-order valence-corrected chi connectivity index (χ2v) is 4.16. The van der Waals surface area contributed by atoms with E-state index < -0.39 is 0 Å². The third kappa shape index (κ3) is 1.28. The smallest absolute Gasteiger partial charge is 0.0442 e. The second kappa shape index (κ2) is 2.85. The highest BCUT2D eigenvalue weighted by molar-refractivity contribution is 5.38. The van der Waals surface area contributed by atoms with Crippen molar-refractivity contribution in [3.05, 3.63) is 35.4 Å². The summed E-state index contributed by atoms with van der Waals surface area (Å²) in [6.45, 7) is 4.42. The summed E-state index contributed by atoms with van der Waals surface area (Å²) in [5.74, 6) is 0.653. The van der Waals surface area contributed by atoms with Crippen LogP contribution >= 0.6 is 0 Å². The van der Waals surface area contributed by atoms with Crippen molar-refractivity contribution in [2.45, 2.75) is 32.2 Å². The highest BCUT2D eigenvalue weighted by Gasteiger charge is 2.49. The largest absolute Gasteiger partial charge is 0.321 e. The minimum Gasteiger partial charge on any atom is -0.321 e. The van der Waals surface area contributed by atoms with Gasteiger partial charge < -0.3 is 5.73 Å². The van der Waals surface area contributed by atoms with Gasteiger partial charge in [-0.15, -0.1) is 0 Å². The fraction of sp³-hybridized carbons (Fsp3) is 0.500. The van der Waals surface area contributed by atoms with Crippen LogP contribution in [0.5, 0.6) is 0 Å². The van der Waals surface area contributed by atoms with E-state index in [4.69, 9.17) is 5.73 Å². The van der Waals surface area contributed by atoms with Gasteiger partial charge in [0.2, 0.25) is 0 Å². The van der Waals surface area contributed by atoms with Crippen LogP contribution in [0.3, 0.4) is 0 Å². The monoisotopic (exact) mass is 175 g/mol. The van der Waals surface area contributed by atoms with Crippen molar-refractivity contribution in [1.82, 2.24) is 0 Å². The van der Waals surface area contributed by atoms with Gasteiger partial charge in [0.1, 0.15) is 0 Å². The SMILES string of the molecule is CCc1ccccc1C1(N)CC1C. The standard InChI is InChI=1S/C12H17N/c1-3-10-6-4-5-7-11(10)12(13)8-9(12)2/h4-7,9H,3,8,13H2,1-2H3. The van der Waals surface area contributed by atoms with Crippen LogP contribution in [0.2, 0.25) is 0 Å². The van der Waals surface area contributed by atoms with E-state index in [1.807, 2.05) is 0 Å². The number of rotatable bonds is 2. The van der Waals surface area contributed by atoms with Crippen molar-refractivity contribution in [3.8, 4) is 0 Å². The molecule has 0 amide bonds. The van der Waals surface area contributed by atoms with Gasteiger partial charge in [-0.05, 0) is 29.9 Å². The van der Waals surface area contributed by atoms with E-state index in [1.54, 1.807) is 0 Å². The van der Waals surface area contributed by atoms with Gasteiger partial charge in [-0.2, -0.15) is 0 Å². The Morgan fingerprint density at radius 3 is 2.62 bits per heavy atom. The maximum Gasteiger partial charge on any atom is 0.0442 e. The molecule has 2 unspecified atom stereocenters. The van der Waals surface area contributed by atoms with Gasteiger partial charge in [0.15, 0.2) is 0 Å². The van der Waals surface area contributed by atoms with Crippen LogP contribution < -0.4 is 5.73 Å². The van der Waals surface area contributed by atoms with Gasteiger partial charge in [0.05, 0.1) is 0 Å². The quantitative estimate of drug-likeness (QED) is 0.734. The average Bonchev–Trinajstić information content (AvgIpc) is 2.76. The van der Waals surface area contributed by atoms with Crippen LogP contribution in [-0.2, 0) is 12.0 Å². The summed E-state index contributed by atoms with van der Waals surface area (Å²) < 4.78 is 0. The molecule has 0 aromatic heterocycles. The van der Waals surface area contributed by atoms with Crippen LogP contribution in [-0.4, -0.2) is 0 Å². The molecule has 1 aromatic rings. The molecule has 1 aliphatic carbocycles. The molecule has 0 aliphatic heterocycles. The Morgan fingerprint density at radius 2 is 2.08 bits per heavy atom. The first-order valence-corrected chi connectivity index (χ1v) is 5.05. The van der Waals surface area contributed by atoms with Crippen molar-refractivity contribution in [3.63, 3.8) is 0 Å². The maximum atomic E-state index is 6.29. The summed E-state index contributed by atoms with van der Waals surface area (Å²) in [6.07, 6.45) is 2.23. The molecule has 1 aliphatic rings. The zero-order valence-electron chi connectivity index (χ0n) is 8.38. The first kappa shape index (κ1) is 8.76. The molecule has 0 spiro atoms. The van der Waals surface area contributed by atoms with Crippen molar-refractivity contribution >= 4 is 0 Å². The van der Waals surface area contributed by atoms with E-state index in [1.165, 1.54) is 11.1 Å². The molecule has 0 heterocycles. The molecule has 0 saturated heterocycles. The highest BCUT2D eigenvalue weighted by atomic mass is 14.9. The van der Waals surface area contributed by atoms with Crippen LogP contribution in [0.25, 0.3) is 0 Å². The summed E-state index contributed by atoms with van der Waals surface area (Å²) in [7, 11) is 0. The first-order valence-electron chi connectivity index (χ1n) is 5.05. The fourth-order valence-electron chi connectivity index (χ4n) is 2.11. The molecule has 70 valence electrons. The summed E-state index contributed by atoms with van der Waals surface area (Å²) in [5, 5.41) is 0. The predicted molar refractivity (Wildman–Crippen MR) is 55.5 cm³/mol. The summed E-state index contributed by atoms with van der Waals surface area (Å²) in [6, 6.07) is 8.56. The Kier molecular flexibility index (Phi) is 1.92. The zero-order chi connectivity index (χ0) is 9.47. The van der Waals surface area contributed by atoms with E-state index in [-0.39, 0.29) is 5.54 Å². The second-order valence-electron chi connectivity index (χ2n) is 4.16. The van der Waals surface area contributed by atoms with Gasteiger partial charge >= 0.3 is 0 Å². The molecule has 1 saturated carbocycles.